The van der Waals surface area contributed by atoms with Gasteiger partial charge < -0.3 is 10.4 Å². The lowest BCUT2D eigenvalue weighted by molar-refractivity contribution is 0.00715. The first-order chi connectivity index (χ1) is 7.83. The second kappa shape index (κ2) is 6.01. The minimum Gasteiger partial charge on any atom is -0.393 e. The number of hydrogen-bond donors (Lipinski definition) is 2. The van der Waals surface area contributed by atoms with Gasteiger partial charge in [-0.2, -0.15) is 0 Å². The number of rotatable bonds is 4. The van der Waals surface area contributed by atoms with Crippen molar-refractivity contribution in [1.82, 2.24) is 5.32 Å². The summed E-state index contributed by atoms with van der Waals surface area (Å²) in [6, 6.07) is 0. The van der Waals surface area contributed by atoms with E-state index in [1.807, 2.05) is 0 Å². The molecular formula is C15H29NO. The van der Waals surface area contributed by atoms with Crippen LogP contribution in [0.5, 0.6) is 0 Å². The highest BCUT2D eigenvalue weighted by Gasteiger charge is 2.37. The maximum absolute atomic E-state index is 10.2. The van der Waals surface area contributed by atoms with Crippen molar-refractivity contribution < 1.29 is 5.11 Å². The number of allylic oxidation sites excluding steroid dienone is 1. The topological polar surface area (TPSA) is 32.3 Å². The Balaban J connectivity index is 2.54. The highest BCUT2D eigenvalue weighted by molar-refractivity contribution is 4.99. The zero-order chi connectivity index (χ0) is 13.1. The Morgan fingerprint density at radius 3 is 2.53 bits per heavy atom. The zero-order valence-corrected chi connectivity index (χ0v) is 12.1. The van der Waals surface area contributed by atoms with Crippen LogP contribution in [-0.2, 0) is 0 Å². The fraction of sp³-hybridized carbons (Fsp3) is 0.867. The lowest BCUT2D eigenvalue weighted by Crippen LogP contribution is -2.52. The minimum atomic E-state index is -0.145. The van der Waals surface area contributed by atoms with Crippen molar-refractivity contribution in [2.75, 3.05) is 6.54 Å². The third-order valence-electron chi connectivity index (χ3n) is 4.07. The van der Waals surface area contributed by atoms with Crippen molar-refractivity contribution in [1.29, 1.82) is 0 Å². The molecule has 17 heavy (non-hydrogen) atoms. The average molecular weight is 239 g/mol. The summed E-state index contributed by atoms with van der Waals surface area (Å²) in [4.78, 5) is 0. The number of nitrogens with one attached hydrogen (secondary N) is 1. The SMILES string of the molecule is CC(C)=CCNC(C)(C)[C@@H]1CC[C@@H](C)C[C@H]1O. The molecule has 1 aliphatic carbocycles. The molecule has 0 spiro atoms. The quantitative estimate of drug-likeness (QED) is 0.739. The molecule has 1 rings (SSSR count). The standard InChI is InChI=1S/C15H29NO/c1-11(2)8-9-16-15(4,5)13-7-6-12(3)10-14(13)17/h8,12-14,16-17H,6-7,9-10H2,1-5H3/t12-,13-,14-/m1/s1. The molecule has 100 valence electrons. The molecule has 0 saturated heterocycles. The van der Waals surface area contributed by atoms with Crippen LogP contribution in [0.3, 0.4) is 0 Å². The predicted molar refractivity (Wildman–Crippen MR) is 74.0 cm³/mol. The number of aliphatic hydroxyl groups is 1. The van der Waals surface area contributed by atoms with E-state index in [1.54, 1.807) is 0 Å². The van der Waals surface area contributed by atoms with E-state index in [9.17, 15) is 5.11 Å². The van der Waals surface area contributed by atoms with Crippen LogP contribution in [0.25, 0.3) is 0 Å². The molecule has 0 aromatic heterocycles. The Bertz CT molecular complexity index is 266. The molecule has 0 aromatic carbocycles. The summed E-state index contributed by atoms with van der Waals surface area (Å²) >= 11 is 0. The van der Waals surface area contributed by atoms with Gasteiger partial charge in [0.2, 0.25) is 0 Å². The molecule has 0 bridgehead atoms. The van der Waals surface area contributed by atoms with Gasteiger partial charge in [0.15, 0.2) is 0 Å². The van der Waals surface area contributed by atoms with Crippen molar-refractivity contribution in [3.8, 4) is 0 Å². The fourth-order valence-electron chi connectivity index (χ4n) is 2.84. The summed E-state index contributed by atoms with van der Waals surface area (Å²) in [7, 11) is 0. The maximum atomic E-state index is 10.2. The second-order valence-corrected chi connectivity index (χ2v) is 6.48. The third-order valence-corrected chi connectivity index (χ3v) is 4.07. The molecule has 3 atom stereocenters. The molecule has 0 aromatic rings. The maximum Gasteiger partial charge on any atom is 0.0588 e. The molecule has 1 aliphatic rings. The van der Waals surface area contributed by atoms with Crippen LogP contribution < -0.4 is 5.32 Å². The second-order valence-electron chi connectivity index (χ2n) is 6.48. The van der Waals surface area contributed by atoms with E-state index < -0.39 is 0 Å². The van der Waals surface area contributed by atoms with Gasteiger partial charge in [0.25, 0.3) is 0 Å². The van der Waals surface area contributed by atoms with Gasteiger partial charge in [-0.15, -0.1) is 0 Å². The molecule has 0 radical (unpaired) electrons. The van der Waals surface area contributed by atoms with E-state index in [2.05, 4.69) is 46.0 Å². The highest BCUT2D eigenvalue weighted by atomic mass is 16.3. The summed E-state index contributed by atoms with van der Waals surface area (Å²) in [5.41, 5.74) is 1.36. The van der Waals surface area contributed by atoms with Gasteiger partial charge >= 0.3 is 0 Å². The van der Waals surface area contributed by atoms with Crippen molar-refractivity contribution >= 4 is 0 Å². The minimum absolute atomic E-state index is 0.0194. The van der Waals surface area contributed by atoms with E-state index in [0.29, 0.717) is 11.8 Å². The molecule has 0 unspecified atom stereocenters. The first-order valence-corrected chi connectivity index (χ1v) is 6.89. The van der Waals surface area contributed by atoms with Crippen LogP contribution >= 0.6 is 0 Å². The molecule has 1 fully saturated rings. The van der Waals surface area contributed by atoms with Crippen molar-refractivity contribution in [2.45, 2.75) is 65.5 Å². The smallest absolute Gasteiger partial charge is 0.0588 e. The van der Waals surface area contributed by atoms with Crippen LogP contribution in [0, 0.1) is 11.8 Å². The van der Waals surface area contributed by atoms with Gasteiger partial charge in [-0.1, -0.05) is 25.0 Å². The molecule has 0 amide bonds. The van der Waals surface area contributed by atoms with Gasteiger partial charge in [-0.05, 0) is 46.5 Å². The van der Waals surface area contributed by atoms with Gasteiger partial charge in [0.1, 0.15) is 0 Å². The predicted octanol–water partition coefficient (Wildman–Crippen LogP) is 3.12. The lowest BCUT2D eigenvalue weighted by Gasteiger charge is -2.42. The summed E-state index contributed by atoms with van der Waals surface area (Å²) < 4.78 is 0. The van der Waals surface area contributed by atoms with E-state index in [-0.39, 0.29) is 11.6 Å². The largest absolute Gasteiger partial charge is 0.393 e. The Morgan fingerprint density at radius 2 is 2.00 bits per heavy atom. The van der Waals surface area contributed by atoms with Crippen LogP contribution in [0.2, 0.25) is 0 Å². The first kappa shape index (κ1) is 14.7. The average Bonchev–Trinajstić information content (AvgIpc) is 2.15. The van der Waals surface area contributed by atoms with E-state index >= 15 is 0 Å². The molecule has 2 N–H and O–H groups in total. The van der Waals surface area contributed by atoms with Gasteiger partial charge in [0.05, 0.1) is 6.10 Å². The monoisotopic (exact) mass is 239 g/mol. The van der Waals surface area contributed by atoms with Crippen LogP contribution in [0.1, 0.15) is 53.9 Å². The number of aliphatic hydroxyl groups excluding tert-OH is 1. The molecule has 0 heterocycles. The van der Waals surface area contributed by atoms with Crippen molar-refractivity contribution in [3.05, 3.63) is 11.6 Å². The lowest BCUT2D eigenvalue weighted by atomic mass is 9.72. The molecule has 2 nitrogen and oxygen atoms in total. The summed E-state index contributed by atoms with van der Waals surface area (Å²) in [5, 5.41) is 13.8. The Morgan fingerprint density at radius 1 is 1.35 bits per heavy atom. The highest BCUT2D eigenvalue weighted by Crippen LogP contribution is 2.35. The van der Waals surface area contributed by atoms with Crippen molar-refractivity contribution in [2.24, 2.45) is 11.8 Å². The normalized spacial score (nSPS) is 30.1. The summed E-state index contributed by atoms with van der Waals surface area (Å²) in [6.07, 6.45) is 5.40. The zero-order valence-electron chi connectivity index (χ0n) is 12.1. The summed E-state index contributed by atoms with van der Waals surface area (Å²) in [5.74, 6) is 1.05. The summed E-state index contributed by atoms with van der Waals surface area (Å²) in [6.45, 7) is 11.8. The molecule has 2 heteroatoms. The fourth-order valence-corrected chi connectivity index (χ4v) is 2.84. The van der Waals surface area contributed by atoms with Crippen molar-refractivity contribution in [3.63, 3.8) is 0 Å². The number of hydrogen-bond acceptors (Lipinski definition) is 2. The first-order valence-electron chi connectivity index (χ1n) is 6.89. The molecule has 0 aliphatic heterocycles. The Hall–Kier alpha value is -0.340. The molecular weight excluding hydrogens is 210 g/mol. The van der Waals surface area contributed by atoms with Crippen LogP contribution in [0.4, 0.5) is 0 Å². The third kappa shape index (κ3) is 4.44. The molecule has 1 saturated carbocycles. The van der Waals surface area contributed by atoms with Gasteiger partial charge in [-0.3, -0.25) is 0 Å². The van der Waals surface area contributed by atoms with E-state index in [0.717, 1.165) is 19.4 Å². The van der Waals surface area contributed by atoms with Gasteiger partial charge in [-0.25, -0.2) is 0 Å². The Kier molecular flexibility index (Phi) is 5.21. The van der Waals surface area contributed by atoms with Crippen LogP contribution in [-0.4, -0.2) is 23.3 Å². The van der Waals surface area contributed by atoms with Crippen LogP contribution in [0.15, 0.2) is 11.6 Å². The van der Waals surface area contributed by atoms with Gasteiger partial charge in [0, 0.05) is 18.0 Å². The van der Waals surface area contributed by atoms with E-state index in [1.165, 1.54) is 12.0 Å². The Labute approximate surface area is 106 Å². The van der Waals surface area contributed by atoms with E-state index in [4.69, 9.17) is 0 Å².